The summed E-state index contributed by atoms with van der Waals surface area (Å²) in [6.07, 6.45) is 6.79. The number of benzene rings is 1. The monoisotopic (exact) mass is 451 g/mol. The maximum absolute atomic E-state index is 14.1. The van der Waals surface area contributed by atoms with Crippen molar-refractivity contribution in [1.29, 1.82) is 0 Å². The molecule has 0 atom stereocenters. The molecule has 0 fully saturated rings. The molecule has 34 heavy (non-hydrogen) atoms. The lowest BCUT2D eigenvalue weighted by Crippen LogP contribution is -1.89. The third kappa shape index (κ3) is 3.34. The highest BCUT2D eigenvalue weighted by Crippen LogP contribution is 2.32. The Labute approximate surface area is 192 Å². The van der Waals surface area contributed by atoms with E-state index in [1.165, 1.54) is 12.1 Å². The number of hydrogen-bond donors (Lipinski definition) is 2. The van der Waals surface area contributed by atoms with Crippen molar-refractivity contribution in [1.82, 2.24) is 35.1 Å². The van der Waals surface area contributed by atoms with Crippen LogP contribution in [0.1, 0.15) is 5.56 Å². The van der Waals surface area contributed by atoms with Crippen LogP contribution in [0.2, 0.25) is 0 Å². The molecule has 0 aliphatic heterocycles. The van der Waals surface area contributed by atoms with Gasteiger partial charge in [-0.3, -0.25) is 20.1 Å². The van der Waals surface area contributed by atoms with E-state index < -0.39 is 0 Å². The van der Waals surface area contributed by atoms with Crippen molar-refractivity contribution in [3.63, 3.8) is 0 Å². The van der Waals surface area contributed by atoms with E-state index in [2.05, 4.69) is 30.1 Å². The van der Waals surface area contributed by atoms with Gasteiger partial charge in [-0.1, -0.05) is 0 Å². The van der Waals surface area contributed by atoms with E-state index in [-0.39, 0.29) is 5.82 Å². The molecule has 1 aromatic carbocycles. The molecular formula is C25H18FN7O. The quantitative estimate of drug-likeness (QED) is 0.387. The van der Waals surface area contributed by atoms with Crippen LogP contribution in [0.3, 0.4) is 0 Å². The standard InChI is InChI=1S/C25H18FN7O/c1-13-5-14(7-16(26)6-13)22-24-19(3-4-28-22)30-25(31-24)23-18-9-20(29-12-21(18)32-33-23)15-8-17(34-2)11-27-10-15/h3-12H,1-2H3,(H,30,31)(H,32,33). The Morgan fingerprint density at radius 2 is 1.82 bits per heavy atom. The molecule has 0 spiro atoms. The number of hydrogen-bond acceptors (Lipinski definition) is 6. The van der Waals surface area contributed by atoms with Crippen molar-refractivity contribution in [2.24, 2.45) is 0 Å². The molecule has 0 bridgehead atoms. The topological polar surface area (TPSA) is 105 Å². The molecule has 0 radical (unpaired) electrons. The Morgan fingerprint density at radius 1 is 0.912 bits per heavy atom. The first-order chi connectivity index (χ1) is 16.6. The Kier molecular flexibility index (Phi) is 4.54. The molecule has 166 valence electrons. The predicted molar refractivity (Wildman–Crippen MR) is 127 cm³/mol. The molecule has 2 N–H and O–H groups in total. The van der Waals surface area contributed by atoms with Crippen LogP contribution in [0.4, 0.5) is 4.39 Å². The van der Waals surface area contributed by atoms with Crippen LogP contribution in [0.15, 0.2) is 61.2 Å². The van der Waals surface area contributed by atoms with Gasteiger partial charge in [0.2, 0.25) is 0 Å². The summed E-state index contributed by atoms with van der Waals surface area (Å²) in [5.41, 5.74) is 6.49. The highest BCUT2D eigenvalue weighted by atomic mass is 19.1. The van der Waals surface area contributed by atoms with Gasteiger partial charge < -0.3 is 9.72 Å². The van der Waals surface area contributed by atoms with E-state index in [0.29, 0.717) is 34.0 Å². The Hall–Kier alpha value is -4.66. The molecule has 0 saturated carbocycles. The number of aryl methyl sites for hydroxylation is 1. The van der Waals surface area contributed by atoms with Crippen molar-refractivity contribution in [3.05, 3.63) is 72.6 Å². The van der Waals surface area contributed by atoms with Gasteiger partial charge >= 0.3 is 0 Å². The molecule has 6 rings (SSSR count). The van der Waals surface area contributed by atoms with Gasteiger partial charge in [0.1, 0.15) is 22.8 Å². The number of ether oxygens (including phenoxy) is 1. The average Bonchev–Trinajstić information content (AvgIpc) is 3.46. The van der Waals surface area contributed by atoms with Crippen LogP contribution < -0.4 is 4.74 Å². The third-order valence-electron chi connectivity index (χ3n) is 5.63. The van der Waals surface area contributed by atoms with Crippen molar-refractivity contribution in [2.45, 2.75) is 6.92 Å². The molecule has 0 saturated heterocycles. The number of aromatic nitrogens is 7. The van der Waals surface area contributed by atoms with Crippen LogP contribution in [0, 0.1) is 12.7 Å². The minimum Gasteiger partial charge on any atom is -0.495 e. The van der Waals surface area contributed by atoms with E-state index in [9.17, 15) is 4.39 Å². The average molecular weight is 451 g/mol. The number of halogens is 1. The fourth-order valence-electron chi connectivity index (χ4n) is 4.06. The maximum atomic E-state index is 14.1. The van der Waals surface area contributed by atoms with E-state index >= 15 is 0 Å². The van der Waals surface area contributed by atoms with Gasteiger partial charge in [0.05, 0.1) is 41.9 Å². The molecule has 0 unspecified atom stereocenters. The van der Waals surface area contributed by atoms with Crippen LogP contribution >= 0.6 is 0 Å². The van der Waals surface area contributed by atoms with Gasteiger partial charge in [0.15, 0.2) is 5.82 Å². The summed E-state index contributed by atoms with van der Waals surface area (Å²) in [5.74, 6) is 0.913. The summed E-state index contributed by atoms with van der Waals surface area (Å²) in [5, 5.41) is 8.35. The van der Waals surface area contributed by atoms with Gasteiger partial charge in [-0.05, 0) is 48.9 Å². The summed E-state index contributed by atoms with van der Waals surface area (Å²) in [7, 11) is 1.60. The summed E-state index contributed by atoms with van der Waals surface area (Å²) >= 11 is 0. The number of imidazole rings is 1. The van der Waals surface area contributed by atoms with Crippen LogP contribution in [0.5, 0.6) is 5.75 Å². The second-order valence-electron chi connectivity index (χ2n) is 7.96. The summed E-state index contributed by atoms with van der Waals surface area (Å²) < 4.78 is 19.3. The molecule has 6 aromatic rings. The second kappa shape index (κ2) is 7.73. The lowest BCUT2D eigenvalue weighted by molar-refractivity contribution is 0.413. The lowest BCUT2D eigenvalue weighted by Gasteiger charge is -2.04. The highest BCUT2D eigenvalue weighted by molar-refractivity contribution is 5.96. The molecule has 8 nitrogen and oxygen atoms in total. The number of H-pyrrole nitrogens is 2. The largest absolute Gasteiger partial charge is 0.495 e. The van der Waals surface area contributed by atoms with Crippen molar-refractivity contribution < 1.29 is 9.13 Å². The number of fused-ring (bicyclic) bond motifs is 2. The van der Waals surface area contributed by atoms with E-state index in [1.807, 2.05) is 31.2 Å². The number of pyridine rings is 3. The first-order valence-electron chi connectivity index (χ1n) is 10.6. The minimum absolute atomic E-state index is 0.310. The molecule has 0 aliphatic carbocycles. The van der Waals surface area contributed by atoms with E-state index in [0.717, 1.165) is 33.2 Å². The molecule has 0 aliphatic rings. The van der Waals surface area contributed by atoms with Gasteiger partial charge in [-0.2, -0.15) is 5.10 Å². The van der Waals surface area contributed by atoms with Gasteiger partial charge in [-0.15, -0.1) is 0 Å². The first-order valence-corrected chi connectivity index (χ1v) is 10.6. The maximum Gasteiger partial charge on any atom is 0.159 e. The fourth-order valence-corrected chi connectivity index (χ4v) is 4.06. The first kappa shape index (κ1) is 20.0. The van der Waals surface area contributed by atoms with E-state index in [4.69, 9.17) is 9.72 Å². The number of aromatic amines is 2. The molecule has 0 amide bonds. The Bertz CT molecular complexity index is 1670. The Balaban J connectivity index is 1.49. The molecule has 5 aromatic heterocycles. The zero-order valence-corrected chi connectivity index (χ0v) is 18.3. The summed E-state index contributed by atoms with van der Waals surface area (Å²) in [6, 6.07) is 10.5. The minimum atomic E-state index is -0.310. The van der Waals surface area contributed by atoms with Gasteiger partial charge in [0, 0.05) is 28.9 Å². The normalized spacial score (nSPS) is 11.4. The summed E-state index contributed by atoms with van der Waals surface area (Å²) in [6.45, 7) is 1.85. The third-order valence-corrected chi connectivity index (χ3v) is 5.63. The highest BCUT2D eigenvalue weighted by Gasteiger charge is 2.17. The van der Waals surface area contributed by atoms with Gasteiger partial charge in [-0.25, -0.2) is 9.37 Å². The van der Waals surface area contributed by atoms with Crippen LogP contribution in [-0.4, -0.2) is 42.2 Å². The second-order valence-corrected chi connectivity index (χ2v) is 7.96. The number of nitrogens with zero attached hydrogens (tertiary/aromatic N) is 5. The number of rotatable bonds is 4. The zero-order valence-electron chi connectivity index (χ0n) is 18.3. The van der Waals surface area contributed by atoms with Crippen LogP contribution in [0.25, 0.3) is 56.0 Å². The Morgan fingerprint density at radius 3 is 2.68 bits per heavy atom. The zero-order chi connectivity index (χ0) is 23.2. The molecule has 5 heterocycles. The number of methoxy groups -OCH3 is 1. The van der Waals surface area contributed by atoms with Crippen LogP contribution in [-0.2, 0) is 0 Å². The van der Waals surface area contributed by atoms with Crippen molar-refractivity contribution in [2.75, 3.05) is 7.11 Å². The fraction of sp³-hybridized carbons (Fsp3) is 0.0800. The van der Waals surface area contributed by atoms with Crippen molar-refractivity contribution >= 4 is 21.9 Å². The predicted octanol–water partition coefficient (Wildman–Crippen LogP) is 5.08. The van der Waals surface area contributed by atoms with Crippen molar-refractivity contribution in [3.8, 4) is 39.8 Å². The smallest absolute Gasteiger partial charge is 0.159 e. The SMILES string of the molecule is COc1cncc(-c2cc3c(-c4nc5c(-c6cc(C)cc(F)c6)nccc5[nH]4)n[nH]c3cn2)c1. The van der Waals surface area contributed by atoms with Gasteiger partial charge in [0.25, 0.3) is 0 Å². The lowest BCUT2D eigenvalue weighted by atomic mass is 10.1. The number of nitrogens with one attached hydrogen (secondary N) is 2. The van der Waals surface area contributed by atoms with E-state index in [1.54, 1.807) is 31.9 Å². The molecule has 9 heteroatoms. The molecular weight excluding hydrogens is 433 g/mol. The summed E-state index contributed by atoms with van der Waals surface area (Å²) in [4.78, 5) is 21.4.